The zero-order valence-corrected chi connectivity index (χ0v) is 6.65. The summed E-state index contributed by atoms with van der Waals surface area (Å²) in [6, 6.07) is 2.62. The van der Waals surface area contributed by atoms with Crippen LogP contribution in [0.25, 0.3) is 0 Å². The zero-order valence-electron chi connectivity index (χ0n) is 6.65. The lowest BCUT2D eigenvalue weighted by atomic mass is 10.2. The van der Waals surface area contributed by atoms with E-state index in [2.05, 4.69) is 4.74 Å². The van der Waals surface area contributed by atoms with Crippen LogP contribution in [0.5, 0.6) is 5.75 Å². The minimum absolute atomic E-state index is 0.0389. The van der Waals surface area contributed by atoms with Crippen molar-refractivity contribution in [3.8, 4) is 11.7 Å². The molecule has 14 heavy (non-hydrogen) atoms. The Labute approximate surface area is 77.3 Å². The Hall–Kier alpha value is -1.70. The highest BCUT2D eigenvalue weighted by atomic mass is 19.4. The first-order valence-corrected chi connectivity index (χ1v) is 3.40. The summed E-state index contributed by atoms with van der Waals surface area (Å²) in [6.45, 7) is 0. The monoisotopic (exact) mass is 203 g/mol. The van der Waals surface area contributed by atoms with Gasteiger partial charge < -0.3 is 4.74 Å². The van der Waals surface area contributed by atoms with Crippen LogP contribution >= 0.6 is 0 Å². The van der Waals surface area contributed by atoms with Gasteiger partial charge in [0.1, 0.15) is 0 Å². The molecule has 73 valence electrons. The van der Waals surface area contributed by atoms with E-state index in [0.717, 1.165) is 18.2 Å². The number of halogens is 4. The first kappa shape index (κ1) is 10.4. The fourth-order valence-electron chi connectivity index (χ4n) is 0.786. The molecule has 0 amide bonds. The van der Waals surface area contributed by atoms with Crippen LogP contribution < -0.4 is 4.74 Å². The van der Waals surface area contributed by atoms with Gasteiger partial charge in [0.25, 0.3) is 0 Å². The van der Waals surface area contributed by atoms with E-state index >= 15 is 0 Å². The topological polar surface area (TPSA) is 9.23 Å². The lowest BCUT2D eigenvalue weighted by molar-refractivity contribution is -0.275. The van der Waals surface area contributed by atoms with Crippen molar-refractivity contribution in [2.75, 3.05) is 0 Å². The molecule has 0 N–H and O–H groups in total. The Kier molecular flexibility index (Phi) is 2.65. The van der Waals surface area contributed by atoms with Crippen LogP contribution in [0.15, 0.2) is 18.2 Å². The lowest BCUT2D eigenvalue weighted by Crippen LogP contribution is -2.17. The van der Waals surface area contributed by atoms with Crippen molar-refractivity contribution in [1.82, 2.24) is 0 Å². The molecule has 0 saturated heterocycles. The summed E-state index contributed by atoms with van der Waals surface area (Å²) in [5.74, 6) is -0.270. The molecule has 0 aliphatic rings. The number of benzene rings is 1. The maximum atomic E-state index is 12.8. The van der Waals surface area contributed by atoms with Gasteiger partial charge in [-0.15, -0.1) is 13.2 Å². The van der Waals surface area contributed by atoms with Crippen LogP contribution in [-0.2, 0) is 0 Å². The van der Waals surface area contributed by atoms with E-state index in [1.807, 2.05) is 5.92 Å². The molecular formula is C9H3F4O. The van der Waals surface area contributed by atoms with Crippen molar-refractivity contribution in [1.29, 1.82) is 0 Å². The minimum Gasteiger partial charge on any atom is -0.403 e. The van der Waals surface area contributed by atoms with E-state index in [-0.39, 0.29) is 5.56 Å². The molecule has 0 aromatic heterocycles. The molecule has 0 fully saturated rings. The van der Waals surface area contributed by atoms with Gasteiger partial charge in [0.15, 0.2) is 11.6 Å². The largest absolute Gasteiger partial charge is 0.573 e. The Bertz CT molecular complexity index is 375. The Morgan fingerprint density at radius 1 is 1.29 bits per heavy atom. The molecule has 1 rings (SSSR count). The molecule has 0 spiro atoms. The summed E-state index contributed by atoms with van der Waals surface area (Å²) in [5, 5.41) is 0. The van der Waals surface area contributed by atoms with Gasteiger partial charge >= 0.3 is 6.36 Å². The fraction of sp³-hybridized carbons (Fsp3) is 0.111. The summed E-state index contributed by atoms with van der Waals surface area (Å²) < 4.78 is 51.2. The second-order valence-corrected chi connectivity index (χ2v) is 2.32. The van der Waals surface area contributed by atoms with Crippen molar-refractivity contribution in [3.63, 3.8) is 0 Å². The van der Waals surface area contributed by atoms with Crippen molar-refractivity contribution in [2.24, 2.45) is 0 Å². The summed E-state index contributed by atoms with van der Waals surface area (Å²) in [7, 11) is 0. The third kappa shape index (κ3) is 2.66. The molecule has 0 bridgehead atoms. The molecule has 1 nitrogen and oxygen atoms in total. The van der Waals surface area contributed by atoms with E-state index in [9.17, 15) is 17.6 Å². The number of rotatable bonds is 1. The van der Waals surface area contributed by atoms with Gasteiger partial charge in [-0.1, -0.05) is 5.92 Å². The molecule has 0 aliphatic carbocycles. The predicted molar refractivity (Wildman–Crippen MR) is 39.3 cm³/mol. The normalized spacial score (nSPS) is 10.8. The second kappa shape index (κ2) is 3.58. The third-order valence-electron chi connectivity index (χ3n) is 1.30. The van der Waals surface area contributed by atoms with Crippen LogP contribution in [-0.4, -0.2) is 6.36 Å². The van der Waals surface area contributed by atoms with Crippen molar-refractivity contribution in [3.05, 3.63) is 36.0 Å². The number of hydrogen-bond acceptors (Lipinski definition) is 1. The van der Waals surface area contributed by atoms with Crippen molar-refractivity contribution < 1.29 is 22.3 Å². The highest BCUT2D eigenvalue weighted by molar-refractivity contribution is 5.36. The van der Waals surface area contributed by atoms with Crippen molar-refractivity contribution >= 4 is 0 Å². The van der Waals surface area contributed by atoms with E-state index in [0.29, 0.717) is 0 Å². The predicted octanol–water partition coefficient (Wildman–Crippen LogP) is 2.66. The van der Waals surface area contributed by atoms with E-state index in [1.165, 1.54) is 0 Å². The van der Waals surface area contributed by atoms with Gasteiger partial charge in [0.2, 0.25) is 0 Å². The van der Waals surface area contributed by atoms with Crippen LogP contribution in [0, 0.1) is 18.2 Å². The Balaban J connectivity index is 2.97. The number of ether oxygens (including phenoxy) is 1. The molecule has 0 saturated carbocycles. The van der Waals surface area contributed by atoms with Crippen LogP contribution in [0.3, 0.4) is 0 Å². The van der Waals surface area contributed by atoms with Gasteiger partial charge in [-0.05, 0) is 24.6 Å². The van der Waals surface area contributed by atoms with E-state index in [1.54, 1.807) is 0 Å². The summed E-state index contributed by atoms with van der Waals surface area (Å²) in [5.41, 5.74) is 0.0389. The molecule has 1 aromatic rings. The summed E-state index contributed by atoms with van der Waals surface area (Å²) in [6.07, 6.45) is 1.69. The number of hydrogen-bond donors (Lipinski definition) is 0. The van der Waals surface area contributed by atoms with Gasteiger partial charge in [0, 0.05) is 5.56 Å². The van der Waals surface area contributed by atoms with Crippen LogP contribution in [0.2, 0.25) is 0 Å². The molecule has 5 heteroatoms. The highest BCUT2D eigenvalue weighted by Crippen LogP contribution is 2.25. The van der Waals surface area contributed by atoms with Gasteiger partial charge in [-0.25, -0.2) is 4.39 Å². The van der Waals surface area contributed by atoms with E-state index < -0.39 is 17.9 Å². The third-order valence-corrected chi connectivity index (χ3v) is 1.30. The van der Waals surface area contributed by atoms with Crippen LogP contribution in [0.1, 0.15) is 5.56 Å². The lowest BCUT2D eigenvalue weighted by Gasteiger charge is -2.09. The smallest absolute Gasteiger partial charge is 0.403 e. The second-order valence-electron chi connectivity index (χ2n) is 2.32. The quantitative estimate of drug-likeness (QED) is 0.503. The highest BCUT2D eigenvalue weighted by Gasteiger charge is 2.32. The first-order chi connectivity index (χ1) is 6.42. The SMILES string of the molecule is [C]#Cc1ccc(OC(F)(F)F)c(F)c1. The molecule has 0 unspecified atom stereocenters. The van der Waals surface area contributed by atoms with Crippen LogP contribution in [0.4, 0.5) is 17.6 Å². The van der Waals surface area contributed by atoms with Gasteiger partial charge in [-0.3, -0.25) is 0 Å². The molecule has 0 heterocycles. The summed E-state index contributed by atoms with van der Waals surface area (Å²) in [4.78, 5) is 0. The standard InChI is InChI=1S/C9H3F4O/c1-2-6-3-4-8(7(10)5-6)14-9(11,12)13/h3-5H. The Morgan fingerprint density at radius 3 is 2.36 bits per heavy atom. The molecular weight excluding hydrogens is 200 g/mol. The van der Waals surface area contributed by atoms with Gasteiger partial charge in [0.05, 0.1) is 0 Å². The maximum absolute atomic E-state index is 12.8. The number of alkyl halides is 3. The first-order valence-electron chi connectivity index (χ1n) is 3.40. The van der Waals surface area contributed by atoms with E-state index in [4.69, 9.17) is 6.42 Å². The molecule has 1 aromatic carbocycles. The molecule has 0 atom stereocenters. The minimum atomic E-state index is -4.92. The Morgan fingerprint density at radius 2 is 1.93 bits per heavy atom. The average Bonchev–Trinajstić information content (AvgIpc) is 2.06. The zero-order chi connectivity index (χ0) is 10.8. The summed E-state index contributed by atoms with van der Waals surface area (Å²) >= 11 is 0. The molecule has 1 radical (unpaired) electrons. The van der Waals surface area contributed by atoms with Gasteiger partial charge in [-0.2, -0.15) is 0 Å². The fourth-order valence-corrected chi connectivity index (χ4v) is 0.786. The van der Waals surface area contributed by atoms with Crippen molar-refractivity contribution in [2.45, 2.75) is 6.36 Å². The maximum Gasteiger partial charge on any atom is 0.573 e. The average molecular weight is 203 g/mol. The molecule has 0 aliphatic heterocycles.